The molecular weight excluding hydrogens is 234 g/mol. The Bertz CT molecular complexity index is 476. The van der Waals surface area contributed by atoms with Crippen molar-refractivity contribution in [2.24, 2.45) is 5.92 Å². The number of morpholine rings is 1. The quantitative estimate of drug-likeness (QED) is 0.770. The zero-order chi connectivity index (χ0) is 12.9. The van der Waals surface area contributed by atoms with Gasteiger partial charge in [-0.25, -0.2) is 0 Å². The molecule has 2 fully saturated rings. The number of hydrogen-bond acceptors (Lipinski definition) is 2. The Labute approximate surface area is 115 Å². The molecule has 2 nitrogen and oxygen atoms in total. The lowest BCUT2D eigenvalue weighted by Crippen LogP contribution is -2.60. The molecule has 1 aliphatic heterocycles. The predicted octanol–water partition coefficient (Wildman–Crippen LogP) is 3.22. The van der Waals surface area contributed by atoms with Gasteiger partial charge in [0.1, 0.15) is 0 Å². The van der Waals surface area contributed by atoms with Crippen LogP contribution >= 0.6 is 0 Å². The third kappa shape index (κ3) is 1.93. The lowest BCUT2D eigenvalue weighted by atomic mass is 9.76. The third-order valence-electron chi connectivity index (χ3n) is 5.43. The largest absolute Gasteiger partial charge is 0.370 e. The van der Waals surface area contributed by atoms with E-state index < -0.39 is 0 Å². The third-order valence-corrected chi connectivity index (χ3v) is 5.43. The number of fused-ring (bicyclic) bond motifs is 3. The predicted molar refractivity (Wildman–Crippen MR) is 76.1 cm³/mol. The van der Waals surface area contributed by atoms with Gasteiger partial charge in [-0.15, -0.1) is 0 Å². The summed E-state index contributed by atoms with van der Waals surface area (Å²) in [5, 5.41) is 3.97. The lowest BCUT2D eigenvalue weighted by molar-refractivity contribution is -0.0721. The van der Waals surface area contributed by atoms with Gasteiger partial charge >= 0.3 is 0 Å². The number of rotatable bonds is 0. The fourth-order valence-electron chi connectivity index (χ4n) is 4.18. The Morgan fingerprint density at radius 1 is 1.21 bits per heavy atom. The summed E-state index contributed by atoms with van der Waals surface area (Å²) < 4.78 is 6.29. The Morgan fingerprint density at radius 3 is 2.84 bits per heavy atom. The van der Waals surface area contributed by atoms with Crippen molar-refractivity contribution in [3.8, 4) is 0 Å². The van der Waals surface area contributed by atoms with E-state index in [2.05, 4.69) is 36.5 Å². The van der Waals surface area contributed by atoms with Crippen molar-refractivity contribution < 1.29 is 4.74 Å². The molecule has 1 aromatic rings. The molecule has 1 spiro atoms. The van der Waals surface area contributed by atoms with Crippen molar-refractivity contribution in [2.75, 3.05) is 6.61 Å². The minimum absolute atomic E-state index is 0.274. The van der Waals surface area contributed by atoms with Gasteiger partial charge in [-0.05, 0) is 49.1 Å². The number of ether oxygens (including phenoxy) is 1. The highest BCUT2D eigenvalue weighted by Gasteiger charge is 2.45. The summed E-state index contributed by atoms with van der Waals surface area (Å²) in [5.41, 5.74) is 3.17. The van der Waals surface area contributed by atoms with Crippen LogP contribution in [0.2, 0.25) is 0 Å². The fraction of sp³-hybridized carbons (Fsp3) is 0.647. The summed E-state index contributed by atoms with van der Waals surface area (Å²) in [6.45, 7) is 3.28. The fourth-order valence-corrected chi connectivity index (χ4v) is 4.18. The van der Waals surface area contributed by atoms with Crippen LogP contribution in [0.4, 0.5) is 0 Å². The second-order valence-electron chi connectivity index (χ2n) is 6.85. The first-order valence-corrected chi connectivity index (χ1v) is 7.73. The molecule has 2 unspecified atom stereocenters. The summed E-state index contributed by atoms with van der Waals surface area (Å²) in [6, 6.07) is 9.28. The molecule has 1 saturated heterocycles. The van der Waals surface area contributed by atoms with Crippen LogP contribution in [0.3, 0.4) is 0 Å². The SMILES string of the molecule is CC1CCC2(CC1)COC1c3ccccc3CC1N2. The minimum Gasteiger partial charge on any atom is -0.370 e. The van der Waals surface area contributed by atoms with E-state index in [1.807, 2.05) is 0 Å². The molecule has 1 aromatic carbocycles. The van der Waals surface area contributed by atoms with E-state index in [-0.39, 0.29) is 5.54 Å². The molecule has 1 N–H and O–H groups in total. The molecule has 0 radical (unpaired) electrons. The number of hydrogen-bond donors (Lipinski definition) is 1. The number of nitrogens with one attached hydrogen (secondary N) is 1. The zero-order valence-electron chi connectivity index (χ0n) is 11.7. The van der Waals surface area contributed by atoms with Gasteiger partial charge in [0.25, 0.3) is 0 Å². The second kappa shape index (κ2) is 4.32. The highest BCUT2D eigenvalue weighted by Crippen LogP contribution is 2.42. The van der Waals surface area contributed by atoms with Gasteiger partial charge in [0, 0.05) is 11.6 Å². The van der Waals surface area contributed by atoms with Gasteiger partial charge in [0.05, 0.1) is 12.7 Å². The summed E-state index contributed by atoms with van der Waals surface area (Å²) in [5.74, 6) is 0.894. The van der Waals surface area contributed by atoms with Crippen LogP contribution in [0.25, 0.3) is 0 Å². The molecule has 0 bridgehead atoms. The maximum Gasteiger partial charge on any atom is 0.0984 e. The molecule has 4 rings (SSSR count). The molecule has 3 aliphatic rings. The molecule has 1 heterocycles. The molecule has 19 heavy (non-hydrogen) atoms. The maximum absolute atomic E-state index is 6.29. The van der Waals surface area contributed by atoms with Crippen LogP contribution in [-0.4, -0.2) is 18.2 Å². The Kier molecular flexibility index (Phi) is 2.71. The minimum atomic E-state index is 0.274. The van der Waals surface area contributed by atoms with Gasteiger partial charge in [0.15, 0.2) is 0 Å². The van der Waals surface area contributed by atoms with E-state index in [0.29, 0.717) is 12.1 Å². The normalized spacial score (nSPS) is 41.0. The van der Waals surface area contributed by atoms with Gasteiger partial charge < -0.3 is 10.1 Å². The van der Waals surface area contributed by atoms with Crippen LogP contribution in [0.15, 0.2) is 24.3 Å². The van der Waals surface area contributed by atoms with Crippen LogP contribution in [0.5, 0.6) is 0 Å². The van der Waals surface area contributed by atoms with E-state index >= 15 is 0 Å². The van der Waals surface area contributed by atoms with Gasteiger partial charge in [0.2, 0.25) is 0 Å². The maximum atomic E-state index is 6.29. The first-order valence-electron chi connectivity index (χ1n) is 7.73. The smallest absolute Gasteiger partial charge is 0.0984 e. The Hall–Kier alpha value is -0.860. The molecule has 0 aromatic heterocycles. The first-order chi connectivity index (χ1) is 9.26. The van der Waals surface area contributed by atoms with E-state index in [0.717, 1.165) is 18.9 Å². The first kappa shape index (κ1) is 11.9. The van der Waals surface area contributed by atoms with E-state index in [1.54, 1.807) is 0 Å². The molecule has 2 atom stereocenters. The van der Waals surface area contributed by atoms with Crippen molar-refractivity contribution in [1.29, 1.82) is 0 Å². The van der Waals surface area contributed by atoms with Crippen LogP contribution in [0, 0.1) is 5.92 Å². The summed E-state index contributed by atoms with van der Waals surface area (Å²) >= 11 is 0. The van der Waals surface area contributed by atoms with Gasteiger partial charge in [-0.3, -0.25) is 0 Å². The van der Waals surface area contributed by atoms with Crippen LogP contribution in [0.1, 0.15) is 49.8 Å². The molecule has 0 amide bonds. The highest BCUT2D eigenvalue weighted by molar-refractivity contribution is 5.37. The van der Waals surface area contributed by atoms with Gasteiger partial charge in [-0.2, -0.15) is 0 Å². The summed E-state index contributed by atoms with van der Waals surface area (Å²) in [4.78, 5) is 0. The average molecular weight is 257 g/mol. The highest BCUT2D eigenvalue weighted by atomic mass is 16.5. The molecule has 2 heteroatoms. The van der Waals surface area contributed by atoms with E-state index in [9.17, 15) is 0 Å². The van der Waals surface area contributed by atoms with Crippen molar-refractivity contribution >= 4 is 0 Å². The second-order valence-corrected chi connectivity index (χ2v) is 6.85. The molecule has 102 valence electrons. The Balaban J connectivity index is 1.55. The topological polar surface area (TPSA) is 21.3 Å². The standard InChI is InChI=1S/C17H23NO/c1-12-6-8-17(9-7-12)11-19-16-14-5-3-2-4-13(14)10-15(16)18-17/h2-5,12,15-16,18H,6-11H2,1H3. The van der Waals surface area contributed by atoms with Crippen molar-refractivity contribution in [1.82, 2.24) is 5.32 Å². The van der Waals surface area contributed by atoms with Crippen molar-refractivity contribution in [2.45, 2.75) is 56.7 Å². The monoisotopic (exact) mass is 257 g/mol. The molecular formula is C17H23NO. The van der Waals surface area contributed by atoms with E-state index in [1.165, 1.54) is 36.8 Å². The van der Waals surface area contributed by atoms with Crippen LogP contribution in [-0.2, 0) is 11.2 Å². The molecule has 2 aliphatic carbocycles. The van der Waals surface area contributed by atoms with Gasteiger partial charge in [-0.1, -0.05) is 31.2 Å². The average Bonchev–Trinajstić information content (AvgIpc) is 2.79. The number of benzene rings is 1. The van der Waals surface area contributed by atoms with E-state index in [4.69, 9.17) is 4.74 Å². The van der Waals surface area contributed by atoms with Crippen molar-refractivity contribution in [3.05, 3.63) is 35.4 Å². The summed E-state index contributed by atoms with van der Waals surface area (Å²) in [7, 11) is 0. The summed E-state index contributed by atoms with van der Waals surface area (Å²) in [6.07, 6.45) is 6.70. The lowest BCUT2D eigenvalue weighted by Gasteiger charge is -2.47. The zero-order valence-corrected chi connectivity index (χ0v) is 11.7. The Morgan fingerprint density at radius 2 is 2.00 bits per heavy atom. The van der Waals surface area contributed by atoms with Crippen molar-refractivity contribution in [3.63, 3.8) is 0 Å². The van der Waals surface area contributed by atoms with Crippen LogP contribution < -0.4 is 5.32 Å². The molecule has 1 saturated carbocycles.